The van der Waals surface area contributed by atoms with Crippen LogP contribution in [-0.2, 0) is 0 Å². The molecule has 2 N–H and O–H groups in total. The Morgan fingerprint density at radius 2 is 1.71 bits per heavy atom. The second kappa shape index (κ2) is 8.64. The fourth-order valence-corrected chi connectivity index (χ4v) is 2.70. The van der Waals surface area contributed by atoms with E-state index in [1.54, 1.807) is 19.2 Å². The molecule has 0 spiro atoms. The molecule has 0 heterocycles. The molecule has 0 saturated carbocycles. The summed E-state index contributed by atoms with van der Waals surface area (Å²) in [5.41, 5.74) is 1.90. The van der Waals surface area contributed by atoms with Crippen molar-refractivity contribution in [1.82, 2.24) is 5.32 Å². The Hall–Kier alpha value is -2.14. The van der Waals surface area contributed by atoms with Crippen molar-refractivity contribution < 1.29 is 9.13 Å². The van der Waals surface area contributed by atoms with Crippen LogP contribution in [0.2, 0.25) is 0 Å². The summed E-state index contributed by atoms with van der Waals surface area (Å²) in [6.07, 6.45) is 0.942. The minimum absolute atomic E-state index is 0.0938. The van der Waals surface area contributed by atoms with Crippen LogP contribution >= 0.6 is 12.2 Å². The van der Waals surface area contributed by atoms with Gasteiger partial charge in [0.1, 0.15) is 11.6 Å². The third-order valence-electron chi connectivity index (χ3n) is 3.63. The SMILES string of the molecule is COc1ccc([C@H](CC(C)C)NC(=S)Nc2ccc(F)cc2)cc1. The first-order chi connectivity index (χ1) is 11.5. The number of anilines is 1. The zero-order valence-electron chi connectivity index (χ0n) is 14.2. The highest BCUT2D eigenvalue weighted by molar-refractivity contribution is 7.80. The molecule has 2 aromatic carbocycles. The summed E-state index contributed by atoms with van der Waals surface area (Å²) in [5.74, 6) is 1.07. The van der Waals surface area contributed by atoms with Crippen LogP contribution in [0.1, 0.15) is 31.9 Å². The lowest BCUT2D eigenvalue weighted by Gasteiger charge is -2.23. The highest BCUT2D eigenvalue weighted by Crippen LogP contribution is 2.23. The van der Waals surface area contributed by atoms with Gasteiger partial charge in [-0.2, -0.15) is 0 Å². The van der Waals surface area contributed by atoms with Gasteiger partial charge in [-0.1, -0.05) is 26.0 Å². The first-order valence-electron chi connectivity index (χ1n) is 7.95. The molecule has 5 heteroatoms. The number of nitrogens with one attached hydrogen (secondary N) is 2. The van der Waals surface area contributed by atoms with E-state index in [1.807, 2.05) is 24.3 Å². The lowest BCUT2D eigenvalue weighted by Crippen LogP contribution is -2.33. The first kappa shape index (κ1) is 18.2. The van der Waals surface area contributed by atoms with E-state index < -0.39 is 0 Å². The molecule has 0 bridgehead atoms. The summed E-state index contributed by atoms with van der Waals surface area (Å²) in [5, 5.41) is 6.96. The average molecular weight is 346 g/mol. The van der Waals surface area contributed by atoms with Gasteiger partial charge in [-0.15, -0.1) is 0 Å². The van der Waals surface area contributed by atoms with E-state index in [0.717, 1.165) is 23.4 Å². The molecule has 1 atom stereocenters. The Bertz CT molecular complexity index is 656. The van der Waals surface area contributed by atoms with Gasteiger partial charge in [0, 0.05) is 5.69 Å². The number of halogens is 1. The largest absolute Gasteiger partial charge is 0.497 e. The molecule has 0 unspecified atom stereocenters. The maximum absolute atomic E-state index is 13.0. The van der Waals surface area contributed by atoms with Crippen molar-refractivity contribution in [2.75, 3.05) is 12.4 Å². The molecular formula is C19H23FN2OS. The smallest absolute Gasteiger partial charge is 0.171 e. The number of thiocarbonyl (C=S) groups is 1. The van der Waals surface area contributed by atoms with Crippen molar-refractivity contribution >= 4 is 23.0 Å². The third kappa shape index (κ3) is 5.49. The number of rotatable bonds is 6. The van der Waals surface area contributed by atoms with E-state index in [9.17, 15) is 4.39 Å². The Kier molecular flexibility index (Phi) is 6.55. The van der Waals surface area contributed by atoms with E-state index >= 15 is 0 Å². The summed E-state index contributed by atoms with van der Waals surface area (Å²) >= 11 is 5.41. The summed E-state index contributed by atoms with van der Waals surface area (Å²) in [6, 6.07) is 14.2. The normalized spacial score (nSPS) is 11.9. The van der Waals surface area contributed by atoms with Crippen molar-refractivity contribution in [1.29, 1.82) is 0 Å². The van der Waals surface area contributed by atoms with Gasteiger partial charge in [0.15, 0.2) is 5.11 Å². The molecule has 0 aromatic heterocycles. The highest BCUT2D eigenvalue weighted by atomic mass is 32.1. The van der Waals surface area contributed by atoms with Crippen molar-refractivity contribution in [2.24, 2.45) is 5.92 Å². The van der Waals surface area contributed by atoms with Crippen LogP contribution < -0.4 is 15.4 Å². The maximum Gasteiger partial charge on any atom is 0.171 e. The summed E-state index contributed by atoms with van der Waals surface area (Å²) in [7, 11) is 1.65. The molecule has 2 aromatic rings. The van der Waals surface area contributed by atoms with Crippen LogP contribution in [0.4, 0.5) is 10.1 Å². The molecule has 0 saturated heterocycles. The quantitative estimate of drug-likeness (QED) is 0.728. The summed E-state index contributed by atoms with van der Waals surface area (Å²) in [6.45, 7) is 4.35. The van der Waals surface area contributed by atoms with Gasteiger partial charge in [-0.25, -0.2) is 4.39 Å². The minimum atomic E-state index is -0.268. The monoisotopic (exact) mass is 346 g/mol. The Morgan fingerprint density at radius 1 is 1.08 bits per heavy atom. The molecule has 24 heavy (non-hydrogen) atoms. The van der Waals surface area contributed by atoms with Crippen molar-refractivity contribution in [3.05, 3.63) is 59.9 Å². The predicted octanol–water partition coefficient (Wildman–Crippen LogP) is 4.91. The summed E-state index contributed by atoms with van der Waals surface area (Å²) < 4.78 is 18.2. The van der Waals surface area contributed by atoms with Gasteiger partial charge in [0.25, 0.3) is 0 Å². The van der Waals surface area contributed by atoms with Gasteiger partial charge in [-0.3, -0.25) is 0 Å². The molecular weight excluding hydrogens is 323 g/mol. The topological polar surface area (TPSA) is 33.3 Å². The zero-order valence-corrected chi connectivity index (χ0v) is 15.0. The van der Waals surface area contributed by atoms with Gasteiger partial charge in [0.2, 0.25) is 0 Å². The number of benzene rings is 2. The molecule has 0 aliphatic carbocycles. The second-order valence-electron chi connectivity index (χ2n) is 6.06. The van der Waals surface area contributed by atoms with E-state index in [0.29, 0.717) is 11.0 Å². The molecule has 0 fully saturated rings. The molecule has 0 aliphatic heterocycles. The molecule has 3 nitrogen and oxygen atoms in total. The zero-order chi connectivity index (χ0) is 17.5. The second-order valence-corrected chi connectivity index (χ2v) is 6.47. The molecule has 0 amide bonds. The summed E-state index contributed by atoms with van der Waals surface area (Å²) in [4.78, 5) is 0. The molecule has 128 valence electrons. The molecule has 0 radical (unpaired) electrons. The van der Waals surface area contributed by atoms with Crippen LogP contribution in [0, 0.1) is 11.7 Å². The lowest BCUT2D eigenvalue weighted by molar-refractivity contribution is 0.414. The Labute approximate surface area is 148 Å². The fourth-order valence-electron chi connectivity index (χ4n) is 2.44. The van der Waals surface area contributed by atoms with Crippen molar-refractivity contribution in [3.63, 3.8) is 0 Å². The first-order valence-corrected chi connectivity index (χ1v) is 8.36. The predicted molar refractivity (Wildman–Crippen MR) is 101 cm³/mol. The van der Waals surface area contributed by atoms with Gasteiger partial charge in [-0.05, 0) is 66.5 Å². The maximum atomic E-state index is 13.0. The van der Waals surface area contributed by atoms with Crippen LogP contribution in [-0.4, -0.2) is 12.2 Å². The molecule has 0 aliphatic rings. The number of hydrogen-bond acceptors (Lipinski definition) is 2. The van der Waals surface area contributed by atoms with Crippen LogP contribution in [0.25, 0.3) is 0 Å². The lowest BCUT2D eigenvalue weighted by atomic mass is 9.97. The highest BCUT2D eigenvalue weighted by Gasteiger charge is 2.15. The standard InChI is InChI=1S/C19H23FN2OS/c1-13(2)12-18(14-4-10-17(23-3)11-5-14)22-19(24)21-16-8-6-15(20)7-9-16/h4-11,13,18H,12H2,1-3H3,(H2,21,22,24)/t18-/m0/s1. The van der Waals surface area contributed by atoms with Crippen LogP contribution in [0.15, 0.2) is 48.5 Å². The van der Waals surface area contributed by atoms with E-state index in [4.69, 9.17) is 17.0 Å². The van der Waals surface area contributed by atoms with Gasteiger partial charge < -0.3 is 15.4 Å². The fraction of sp³-hybridized carbons (Fsp3) is 0.316. The van der Waals surface area contributed by atoms with E-state index in [2.05, 4.69) is 24.5 Å². The third-order valence-corrected chi connectivity index (χ3v) is 3.85. The Balaban J connectivity index is 2.06. The van der Waals surface area contributed by atoms with E-state index in [1.165, 1.54) is 12.1 Å². The minimum Gasteiger partial charge on any atom is -0.497 e. The van der Waals surface area contributed by atoms with E-state index in [-0.39, 0.29) is 11.9 Å². The van der Waals surface area contributed by atoms with Gasteiger partial charge in [0.05, 0.1) is 13.2 Å². The van der Waals surface area contributed by atoms with Crippen LogP contribution in [0.5, 0.6) is 5.75 Å². The van der Waals surface area contributed by atoms with Crippen molar-refractivity contribution in [2.45, 2.75) is 26.3 Å². The molecule has 2 rings (SSSR count). The average Bonchev–Trinajstić information content (AvgIpc) is 2.56. The number of ether oxygens (including phenoxy) is 1. The van der Waals surface area contributed by atoms with Crippen molar-refractivity contribution in [3.8, 4) is 5.75 Å². The van der Waals surface area contributed by atoms with Gasteiger partial charge >= 0.3 is 0 Å². The van der Waals surface area contributed by atoms with Crippen LogP contribution in [0.3, 0.4) is 0 Å². The number of methoxy groups -OCH3 is 1. The number of hydrogen-bond donors (Lipinski definition) is 2. The Morgan fingerprint density at radius 3 is 2.25 bits per heavy atom.